The van der Waals surface area contributed by atoms with E-state index in [0.717, 1.165) is 25.7 Å². The Balaban J connectivity index is 2.32. The molecule has 6 nitrogen and oxygen atoms in total. The molecular formula is C14H21ClN2O4S. The largest absolute Gasteiger partial charge is 0.493 e. The van der Waals surface area contributed by atoms with Gasteiger partial charge < -0.3 is 15.2 Å². The molecule has 0 radical (unpaired) electrons. The number of hydrogen-bond acceptors (Lipinski definition) is 5. The van der Waals surface area contributed by atoms with Crippen molar-refractivity contribution in [2.75, 3.05) is 14.2 Å². The third kappa shape index (κ3) is 3.65. The fourth-order valence-corrected chi connectivity index (χ4v) is 4.46. The molecule has 22 heavy (non-hydrogen) atoms. The molecule has 0 amide bonds. The second-order valence-electron chi connectivity index (χ2n) is 5.31. The molecule has 0 bridgehead atoms. The Morgan fingerprint density at radius 2 is 1.77 bits per heavy atom. The average molecular weight is 349 g/mol. The van der Waals surface area contributed by atoms with E-state index in [1.54, 1.807) is 0 Å². The molecule has 8 heteroatoms. The van der Waals surface area contributed by atoms with E-state index in [1.165, 1.54) is 26.4 Å². The van der Waals surface area contributed by atoms with Gasteiger partial charge in [0, 0.05) is 24.2 Å². The van der Waals surface area contributed by atoms with Gasteiger partial charge >= 0.3 is 0 Å². The van der Waals surface area contributed by atoms with E-state index in [4.69, 9.17) is 26.8 Å². The van der Waals surface area contributed by atoms with Crippen molar-refractivity contribution < 1.29 is 17.9 Å². The number of nitrogens with two attached hydrogens (primary N) is 1. The smallest absolute Gasteiger partial charge is 0.242 e. The summed E-state index contributed by atoms with van der Waals surface area (Å²) in [6.45, 7) is 0. The fraction of sp³-hybridized carbons (Fsp3) is 0.571. The van der Waals surface area contributed by atoms with Crippen LogP contribution in [0.2, 0.25) is 5.02 Å². The minimum absolute atomic E-state index is 0.0374. The first-order valence-corrected chi connectivity index (χ1v) is 8.94. The van der Waals surface area contributed by atoms with Gasteiger partial charge in [-0.2, -0.15) is 0 Å². The first-order valence-electron chi connectivity index (χ1n) is 7.08. The van der Waals surface area contributed by atoms with Crippen molar-refractivity contribution in [2.45, 2.75) is 42.7 Å². The molecule has 1 aliphatic rings. The van der Waals surface area contributed by atoms with Crippen molar-refractivity contribution in [3.05, 3.63) is 17.2 Å². The van der Waals surface area contributed by atoms with Crippen LogP contribution in [0.15, 0.2) is 17.0 Å². The van der Waals surface area contributed by atoms with E-state index in [-0.39, 0.29) is 22.0 Å². The van der Waals surface area contributed by atoms with Gasteiger partial charge in [0.25, 0.3) is 0 Å². The van der Waals surface area contributed by atoms with Crippen molar-refractivity contribution in [2.24, 2.45) is 5.73 Å². The maximum atomic E-state index is 12.6. The van der Waals surface area contributed by atoms with Crippen molar-refractivity contribution in [3.63, 3.8) is 0 Å². The van der Waals surface area contributed by atoms with Crippen LogP contribution in [0, 0.1) is 0 Å². The highest BCUT2D eigenvalue weighted by atomic mass is 35.5. The Kier molecular flexibility index (Phi) is 5.55. The lowest BCUT2D eigenvalue weighted by Gasteiger charge is -2.29. The van der Waals surface area contributed by atoms with Crippen LogP contribution in [0.4, 0.5) is 0 Å². The van der Waals surface area contributed by atoms with Gasteiger partial charge in [0.15, 0.2) is 11.5 Å². The zero-order valence-electron chi connectivity index (χ0n) is 12.6. The first kappa shape index (κ1) is 17.3. The van der Waals surface area contributed by atoms with Crippen LogP contribution in [0.25, 0.3) is 0 Å². The Morgan fingerprint density at radius 3 is 2.36 bits per heavy atom. The summed E-state index contributed by atoms with van der Waals surface area (Å²) in [4.78, 5) is -0.0374. The lowest BCUT2D eigenvalue weighted by atomic mass is 9.92. The summed E-state index contributed by atoms with van der Waals surface area (Å²) in [5.74, 6) is 0.682. The predicted molar refractivity (Wildman–Crippen MR) is 85.1 cm³/mol. The van der Waals surface area contributed by atoms with Crippen molar-refractivity contribution in [3.8, 4) is 11.5 Å². The molecule has 0 saturated heterocycles. The summed E-state index contributed by atoms with van der Waals surface area (Å²) in [6, 6.07) is 2.33. The summed E-state index contributed by atoms with van der Waals surface area (Å²) in [5.41, 5.74) is 6.00. The third-order valence-corrected chi connectivity index (χ3v) is 5.81. The first-order chi connectivity index (χ1) is 10.4. The van der Waals surface area contributed by atoms with Gasteiger partial charge in [-0.25, -0.2) is 13.1 Å². The standard InChI is InChI=1S/C14H21ClN2O4S/c1-20-12-7-9(15)14(8-13(12)21-2)22(18,19)17-11-6-4-3-5-10(11)16/h7-8,10-11,17H,3-6,16H2,1-2H3/t10-,11-/m1/s1. The van der Waals surface area contributed by atoms with Crippen LogP contribution in [0.3, 0.4) is 0 Å². The highest BCUT2D eigenvalue weighted by molar-refractivity contribution is 7.89. The van der Waals surface area contributed by atoms with Crippen LogP contribution < -0.4 is 19.9 Å². The lowest BCUT2D eigenvalue weighted by molar-refractivity contribution is 0.353. The van der Waals surface area contributed by atoms with E-state index in [1.807, 2.05) is 0 Å². The van der Waals surface area contributed by atoms with Gasteiger partial charge in [0.05, 0.1) is 19.2 Å². The third-order valence-electron chi connectivity index (χ3n) is 3.85. The molecule has 3 N–H and O–H groups in total. The lowest BCUT2D eigenvalue weighted by Crippen LogP contribution is -2.49. The van der Waals surface area contributed by atoms with Gasteiger partial charge in [-0.3, -0.25) is 0 Å². The number of halogens is 1. The Bertz CT molecular complexity index is 636. The molecule has 0 unspecified atom stereocenters. The number of sulfonamides is 1. The summed E-state index contributed by atoms with van der Waals surface area (Å²) in [6.07, 6.45) is 3.52. The van der Waals surface area contributed by atoms with Crippen LogP contribution in [-0.2, 0) is 10.0 Å². The van der Waals surface area contributed by atoms with Crippen LogP contribution in [0.5, 0.6) is 11.5 Å². The molecule has 1 aromatic carbocycles. The Morgan fingerprint density at radius 1 is 1.18 bits per heavy atom. The van der Waals surface area contributed by atoms with Crippen LogP contribution in [-0.4, -0.2) is 34.7 Å². The summed E-state index contributed by atoms with van der Waals surface area (Å²) >= 11 is 6.09. The number of ether oxygens (including phenoxy) is 2. The zero-order valence-corrected chi connectivity index (χ0v) is 14.2. The van der Waals surface area contributed by atoms with Gasteiger partial charge in [0.1, 0.15) is 4.90 Å². The maximum Gasteiger partial charge on any atom is 0.242 e. The fourth-order valence-electron chi connectivity index (χ4n) is 2.61. The number of methoxy groups -OCH3 is 2. The van der Waals surface area contributed by atoms with Crippen molar-refractivity contribution in [1.29, 1.82) is 0 Å². The van der Waals surface area contributed by atoms with E-state index < -0.39 is 10.0 Å². The number of nitrogens with one attached hydrogen (secondary N) is 1. The average Bonchev–Trinajstić information content (AvgIpc) is 2.48. The normalized spacial score (nSPS) is 22.4. The molecule has 124 valence electrons. The predicted octanol–water partition coefficient (Wildman–Crippen LogP) is 1.91. The molecule has 2 atom stereocenters. The number of benzene rings is 1. The molecule has 1 aliphatic carbocycles. The quantitative estimate of drug-likeness (QED) is 0.848. The molecule has 1 fully saturated rings. The molecular weight excluding hydrogens is 328 g/mol. The van der Waals surface area contributed by atoms with E-state index in [0.29, 0.717) is 11.5 Å². The van der Waals surface area contributed by atoms with Crippen LogP contribution in [0.1, 0.15) is 25.7 Å². The molecule has 1 aromatic rings. The summed E-state index contributed by atoms with van der Waals surface area (Å²) < 4.78 is 38.1. The summed E-state index contributed by atoms with van der Waals surface area (Å²) in [5, 5.41) is 0.0783. The van der Waals surface area contributed by atoms with E-state index >= 15 is 0 Å². The van der Waals surface area contributed by atoms with E-state index in [9.17, 15) is 8.42 Å². The topological polar surface area (TPSA) is 90.7 Å². The van der Waals surface area contributed by atoms with Gasteiger partial charge in [0.2, 0.25) is 10.0 Å². The SMILES string of the molecule is COc1cc(Cl)c(S(=O)(=O)N[C@@H]2CCCC[C@H]2N)cc1OC. The zero-order chi connectivity index (χ0) is 16.3. The molecule has 0 aromatic heterocycles. The Labute approximate surface area is 136 Å². The second kappa shape index (κ2) is 7.04. The van der Waals surface area contributed by atoms with Crippen molar-refractivity contribution >= 4 is 21.6 Å². The van der Waals surface area contributed by atoms with E-state index in [2.05, 4.69) is 4.72 Å². The maximum absolute atomic E-state index is 12.6. The number of hydrogen-bond donors (Lipinski definition) is 2. The van der Waals surface area contributed by atoms with Crippen LogP contribution >= 0.6 is 11.6 Å². The minimum atomic E-state index is -3.78. The molecule has 0 aliphatic heterocycles. The second-order valence-corrected chi connectivity index (χ2v) is 7.40. The highest BCUT2D eigenvalue weighted by Crippen LogP contribution is 2.35. The Hall–Kier alpha value is -1.02. The van der Waals surface area contributed by atoms with Gasteiger partial charge in [-0.05, 0) is 12.8 Å². The number of rotatable bonds is 5. The van der Waals surface area contributed by atoms with Gasteiger partial charge in [-0.15, -0.1) is 0 Å². The monoisotopic (exact) mass is 348 g/mol. The highest BCUT2D eigenvalue weighted by Gasteiger charge is 2.29. The van der Waals surface area contributed by atoms with Gasteiger partial charge in [-0.1, -0.05) is 24.4 Å². The summed E-state index contributed by atoms with van der Waals surface area (Å²) in [7, 11) is -0.881. The van der Waals surface area contributed by atoms with Crippen molar-refractivity contribution in [1.82, 2.24) is 4.72 Å². The molecule has 1 saturated carbocycles. The molecule has 0 heterocycles. The minimum Gasteiger partial charge on any atom is -0.493 e. The molecule has 2 rings (SSSR count). The molecule has 0 spiro atoms.